The molecular formula is C10H16N2. The average Bonchev–Trinajstić information content (AvgIpc) is 2.66. The van der Waals surface area contributed by atoms with Crippen molar-refractivity contribution in [1.82, 2.24) is 0 Å². The van der Waals surface area contributed by atoms with Crippen LogP contribution in [-0.4, -0.2) is 11.4 Å². The van der Waals surface area contributed by atoms with E-state index in [1.807, 2.05) is 0 Å². The molecule has 1 aliphatic carbocycles. The third-order valence-electron chi connectivity index (χ3n) is 2.56. The third-order valence-corrected chi connectivity index (χ3v) is 2.56. The van der Waals surface area contributed by atoms with E-state index in [0.29, 0.717) is 0 Å². The highest BCUT2D eigenvalue weighted by atomic mass is 15.2. The second-order valence-electron chi connectivity index (χ2n) is 4.84. The lowest BCUT2D eigenvalue weighted by Crippen LogP contribution is -2.20. The van der Waals surface area contributed by atoms with Crippen LogP contribution in [0.4, 0.5) is 0 Å². The minimum atomic E-state index is 0.208. The highest BCUT2D eigenvalue weighted by Crippen LogP contribution is 2.35. The van der Waals surface area contributed by atoms with Crippen LogP contribution in [0, 0.1) is 11.3 Å². The van der Waals surface area contributed by atoms with Gasteiger partial charge in [0.1, 0.15) is 0 Å². The molecule has 66 valence electrons. The second kappa shape index (κ2) is 2.41. The molecule has 0 amide bonds. The molecule has 0 aromatic heterocycles. The topological polar surface area (TPSA) is 24.7 Å². The Morgan fingerprint density at radius 2 is 1.83 bits per heavy atom. The fourth-order valence-electron chi connectivity index (χ4n) is 1.42. The van der Waals surface area contributed by atoms with Gasteiger partial charge in [0.15, 0.2) is 0 Å². The molecule has 2 nitrogen and oxygen atoms in total. The van der Waals surface area contributed by atoms with E-state index in [4.69, 9.17) is 0 Å². The van der Waals surface area contributed by atoms with Crippen LogP contribution in [0.5, 0.6) is 0 Å². The molecule has 1 aliphatic heterocycles. The van der Waals surface area contributed by atoms with E-state index in [0.717, 1.165) is 12.3 Å². The summed E-state index contributed by atoms with van der Waals surface area (Å²) in [5.74, 6) is 0.786. The van der Waals surface area contributed by atoms with E-state index < -0.39 is 0 Å². The number of rotatable bonds is 1. The maximum atomic E-state index is 4.25. The molecule has 0 N–H and O–H groups in total. The largest absolute Gasteiger partial charge is 0.159 e. The van der Waals surface area contributed by atoms with Crippen LogP contribution in [0.1, 0.15) is 40.0 Å². The molecule has 0 spiro atoms. The van der Waals surface area contributed by atoms with E-state index in [1.54, 1.807) is 0 Å². The molecule has 1 fully saturated rings. The molecule has 0 aromatic rings. The van der Waals surface area contributed by atoms with Crippen LogP contribution in [0.2, 0.25) is 0 Å². The van der Waals surface area contributed by atoms with Gasteiger partial charge in [-0.05, 0) is 18.8 Å². The van der Waals surface area contributed by atoms with Crippen molar-refractivity contribution >= 4 is 11.4 Å². The Morgan fingerprint density at radius 3 is 2.25 bits per heavy atom. The Hall–Kier alpha value is -0.660. The summed E-state index contributed by atoms with van der Waals surface area (Å²) in [7, 11) is 0. The predicted octanol–water partition coefficient (Wildman–Crippen LogP) is 2.64. The maximum absolute atomic E-state index is 4.25. The van der Waals surface area contributed by atoms with Crippen molar-refractivity contribution < 1.29 is 0 Å². The molecule has 2 heteroatoms. The fraction of sp³-hybridized carbons (Fsp3) is 0.800. The van der Waals surface area contributed by atoms with E-state index >= 15 is 0 Å². The molecule has 2 aliphatic rings. The van der Waals surface area contributed by atoms with E-state index in [-0.39, 0.29) is 5.41 Å². The Labute approximate surface area is 73.8 Å². The van der Waals surface area contributed by atoms with Gasteiger partial charge in [0.2, 0.25) is 0 Å². The number of nitrogens with zero attached hydrogens (tertiary/aromatic N) is 2. The van der Waals surface area contributed by atoms with Gasteiger partial charge in [0.05, 0.1) is 5.71 Å². The highest BCUT2D eigenvalue weighted by molar-refractivity contribution is 6.10. The summed E-state index contributed by atoms with van der Waals surface area (Å²) in [5.41, 5.74) is 2.80. The smallest absolute Gasteiger partial charge is 0.0516 e. The van der Waals surface area contributed by atoms with Crippen LogP contribution in [-0.2, 0) is 0 Å². The molecule has 1 saturated carbocycles. The first kappa shape index (κ1) is 7.96. The lowest BCUT2D eigenvalue weighted by molar-refractivity contribution is 0.584. The summed E-state index contributed by atoms with van der Waals surface area (Å²) >= 11 is 0. The highest BCUT2D eigenvalue weighted by Gasteiger charge is 2.33. The zero-order valence-corrected chi connectivity index (χ0v) is 8.09. The molecule has 0 aromatic carbocycles. The van der Waals surface area contributed by atoms with Crippen molar-refractivity contribution in [3.63, 3.8) is 0 Å². The predicted molar refractivity (Wildman–Crippen MR) is 51.7 cm³/mol. The van der Waals surface area contributed by atoms with Crippen LogP contribution in [0.15, 0.2) is 10.2 Å². The molecule has 0 unspecified atom stereocenters. The summed E-state index contributed by atoms with van der Waals surface area (Å²) in [6, 6.07) is 0. The standard InChI is InChI=1S/C10H16N2/c1-10(2,3)9-6-8(11-12-9)7-4-5-7/h7H,4-6H2,1-3H3. The summed E-state index contributed by atoms with van der Waals surface area (Å²) in [6.07, 6.45) is 3.71. The van der Waals surface area contributed by atoms with Gasteiger partial charge >= 0.3 is 0 Å². The molecule has 0 saturated heterocycles. The zero-order valence-electron chi connectivity index (χ0n) is 8.09. The van der Waals surface area contributed by atoms with Crippen molar-refractivity contribution in [3.05, 3.63) is 0 Å². The van der Waals surface area contributed by atoms with Crippen LogP contribution in [0.3, 0.4) is 0 Å². The first-order valence-electron chi connectivity index (χ1n) is 4.71. The average molecular weight is 164 g/mol. The minimum Gasteiger partial charge on any atom is -0.159 e. The Kier molecular flexibility index (Phi) is 1.60. The SMILES string of the molecule is CC(C)(C)C1=NN=C(C2CC2)C1. The van der Waals surface area contributed by atoms with Gasteiger partial charge in [-0.1, -0.05) is 20.8 Å². The molecule has 2 rings (SSSR count). The second-order valence-corrected chi connectivity index (χ2v) is 4.84. The summed E-state index contributed by atoms with van der Waals surface area (Å²) in [6.45, 7) is 6.62. The monoisotopic (exact) mass is 164 g/mol. The van der Waals surface area contributed by atoms with Gasteiger partial charge in [-0.2, -0.15) is 10.2 Å². The Bertz CT molecular complexity index is 252. The molecule has 1 heterocycles. The minimum absolute atomic E-state index is 0.208. The number of hydrogen-bond acceptors (Lipinski definition) is 2. The fourth-order valence-corrected chi connectivity index (χ4v) is 1.42. The van der Waals surface area contributed by atoms with Gasteiger partial charge in [-0.15, -0.1) is 0 Å². The van der Waals surface area contributed by atoms with Gasteiger partial charge in [0, 0.05) is 17.5 Å². The van der Waals surface area contributed by atoms with Gasteiger partial charge in [-0.25, -0.2) is 0 Å². The van der Waals surface area contributed by atoms with Crippen LogP contribution in [0.25, 0.3) is 0 Å². The molecule has 0 radical (unpaired) electrons. The van der Waals surface area contributed by atoms with Crippen molar-refractivity contribution in [2.24, 2.45) is 21.5 Å². The number of hydrogen-bond donors (Lipinski definition) is 0. The van der Waals surface area contributed by atoms with E-state index in [9.17, 15) is 0 Å². The lowest BCUT2D eigenvalue weighted by atomic mass is 9.87. The van der Waals surface area contributed by atoms with Crippen LogP contribution < -0.4 is 0 Å². The Morgan fingerprint density at radius 1 is 1.17 bits per heavy atom. The summed E-state index contributed by atoms with van der Waals surface area (Å²) in [5, 5.41) is 8.50. The molecule has 0 atom stereocenters. The lowest BCUT2D eigenvalue weighted by Gasteiger charge is -2.17. The Balaban J connectivity index is 2.01. The van der Waals surface area contributed by atoms with Crippen molar-refractivity contribution in [1.29, 1.82) is 0 Å². The molecule has 12 heavy (non-hydrogen) atoms. The van der Waals surface area contributed by atoms with Gasteiger partial charge in [-0.3, -0.25) is 0 Å². The first-order chi connectivity index (χ1) is 5.57. The first-order valence-corrected chi connectivity index (χ1v) is 4.71. The maximum Gasteiger partial charge on any atom is 0.0516 e. The molecular weight excluding hydrogens is 148 g/mol. The zero-order chi connectivity index (χ0) is 8.77. The third kappa shape index (κ3) is 1.43. The van der Waals surface area contributed by atoms with Crippen molar-refractivity contribution in [3.8, 4) is 0 Å². The van der Waals surface area contributed by atoms with Crippen LogP contribution >= 0.6 is 0 Å². The van der Waals surface area contributed by atoms with E-state index in [1.165, 1.54) is 24.3 Å². The van der Waals surface area contributed by atoms with Gasteiger partial charge in [0.25, 0.3) is 0 Å². The van der Waals surface area contributed by atoms with Crippen molar-refractivity contribution in [2.75, 3.05) is 0 Å². The van der Waals surface area contributed by atoms with E-state index in [2.05, 4.69) is 31.0 Å². The summed E-state index contributed by atoms with van der Waals surface area (Å²) in [4.78, 5) is 0. The van der Waals surface area contributed by atoms with Gasteiger partial charge < -0.3 is 0 Å². The normalized spacial score (nSPS) is 23.9. The van der Waals surface area contributed by atoms with Crippen molar-refractivity contribution in [2.45, 2.75) is 40.0 Å². The molecule has 0 bridgehead atoms. The summed E-state index contributed by atoms with van der Waals surface area (Å²) < 4.78 is 0. The quantitative estimate of drug-likeness (QED) is 0.569.